The number of rotatable bonds is 3. The largest absolute Gasteiger partial charge is 0.319 e. The maximum absolute atomic E-state index is 6.39. The van der Waals surface area contributed by atoms with Crippen LogP contribution in [-0.4, -0.2) is 9.78 Å². The van der Waals surface area contributed by atoms with Crippen molar-refractivity contribution in [2.45, 2.75) is 38.8 Å². The highest BCUT2D eigenvalue weighted by atomic mass is 35.5. The summed E-state index contributed by atoms with van der Waals surface area (Å²) in [7, 11) is 0. The van der Waals surface area contributed by atoms with Gasteiger partial charge in [0.2, 0.25) is 0 Å². The minimum Gasteiger partial charge on any atom is -0.319 e. The molecule has 0 spiro atoms. The molecule has 3 rings (SSSR count). The molecule has 1 aliphatic carbocycles. The first-order valence-electron chi connectivity index (χ1n) is 6.79. The normalized spacial score (nSPS) is 15.5. The van der Waals surface area contributed by atoms with Crippen LogP contribution in [0.5, 0.6) is 0 Å². The van der Waals surface area contributed by atoms with E-state index in [1.807, 2.05) is 11.6 Å². The van der Waals surface area contributed by atoms with Crippen LogP contribution >= 0.6 is 11.6 Å². The van der Waals surface area contributed by atoms with E-state index in [1.165, 1.54) is 24.0 Å². The van der Waals surface area contributed by atoms with E-state index in [-0.39, 0.29) is 6.04 Å². The summed E-state index contributed by atoms with van der Waals surface area (Å²) in [5.74, 6) is 0. The van der Waals surface area contributed by atoms with Crippen LogP contribution in [-0.2, 0) is 19.4 Å². The molecule has 0 amide bonds. The Labute approximate surface area is 118 Å². The SMILES string of the molecule is CCn1ncc(Cl)c1C(N)c1ccc2c(c1)CCC2. The molecule has 100 valence electrons. The van der Waals surface area contributed by atoms with Gasteiger partial charge in [0, 0.05) is 6.54 Å². The fraction of sp³-hybridized carbons (Fsp3) is 0.400. The van der Waals surface area contributed by atoms with E-state index in [9.17, 15) is 0 Å². The minimum absolute atomic E-state index is 0.208. The minimum atomic E-state index is -0.208. The zero-order chi connectivity index (χ0) is 13.4. The van der Waals surface area contributed by atoms with Crippen molar-refractivity contribution in [3.63, 3.8) is 0 Å². The van der Waals surface area contributed by atoms with Gasteiger partial charge in [0.1, 0.15) is 0 Å². The Morgan fingerprint density at radius 2 is 2.16 bits per heavy atom. The summed E-state index contributed by atoms with van der Waals surface area (Å²) in [5.41, 5.74) is 11.3. The van der Waals surface area contributed by atoms with E-state index in [1.54, 1.807) is 6.20 Å². The molecule has 1 atom stereocenters. The van der Waals surface area contributed by atoms with E-state index < -0.39 is 0 Å². The van der Waals surface area contributed by atoms with Gasteiger partial charge in [-0.3, -0.25) is 4.68 Å². The zero-order valence-electron chi connectivity index (χ0n) is 11.1. The third kappa shape index (κ3) is 2.17. The molecule has 1 heterocycles. The molecule has 1 unspecified atom stereocenters. The van der Waals surface area contributed by atoms with Gasteiger partial charge in [0.05, 0.1) is 23.0 Å². The van der Waals surface area contributed by atoms with Crippen molar-refractivity contribution in [2.24, 2.45) is 5.73 Å². The molecule has 3 nitrogen and oxygen atoms in total. The van der Waals surface area contributed by atoms with Crippen LogP contribution in [0, 0.1) is 0 Å². The van der Waals surface area contributed by atoms with Crippen molar-refractivity contribution in [1.29, 1.82) is 0 Å². The number of benzene rings is 1. The highest BCUT2D eigenvalue weighted by Crippen LogP contribution is 2.30. The van der Waals surface area contributed by atoms with Crippen LogP contribution in [0.3, 0.4) is 0 Å². The van der Waals surface area contributed by atoms with Crippen molar-refractivity contribution in [1.82, 2.24) is 9.78 Å². The molecule has 2 N–H and O–H groups in total. The Morgan fingerprint density at radius 1 is 1.37 bits per heavy atom. The van der Waals surface area contributed by atoms with E-state index in [0.29, 0.717) is 5.02 Å². The summed E-state index contributed by atoms with van der Waals surface area (Å²) < 4.78 is 1.88. The average molecular weight is 276 g/mol. The van der Waals surface area contributed by atoms with Crippen LogP contribution in [0.25, 0.3) is 0 Å². The highest BCUT2D eigenvalue weighted by Gasteiger charge is 2.20. The van der Waals surface area contributed by atoms with Gasteiger partial charge in [-0.1, -0.05) is 29.8 Å². The lowest BCUT2D eigenvalue weighted by Gasteiger charge is -2.15. The maximum atomic E-state index is 6.39. The first-order chi connectivity index (χ1) is 9.20. The predicted molar refractivity (Wildman–Crippen MR) is 77.4 cm³/mol. The van der Waals surface area contributed by atoms with Crippen LogP contribution in [0.4, 0.5) is 0 Å². The second-order valence-corrected chi connectivity index (χ2v) is 5.46. The molecule has 4 heteroatoms. The average Bonchev–Trinajstić information content (AvgIpc) is 3.02. The molecule has 1 aromatic heterocycles. The van der Waals surface area contributed by atoms with Crippen molar-refractivity contribution in [2.75, 3.05) is 0 Å². The summed E-state index contributed by atoms with van der Waals surface area (Å²) >= 11 is 6.22. The molecule has 0 bridgehead atoms. The van der Waals surface area contributed by atoms with Crippen molar-refractivity contribution in [3.8, 4) is 0 Å². The zero-order valence-corrected chi connectivity index (χ0v) is 11.8. The topological polar surface area (TPSA) is 43.8 Å². The molecular weight excluding hydrogens is 258 g/mol. The number of halogens is 1. The summed E-state index contributed by atoms with van der Waals surface area (Å²) in [6.07, 6.45) is 5.28. The van der Waals surface area contributed by atoms with Gasteiger partial charge in [0.15, 0.2) is 0 Å². The summed E-state index contributed by atoms with van der Waals surface area (Å²) in [4.78, 5) is 0. The molecule has 0 fully saturated rings. The molecule has 0 aliphatic heterocycles. The molecule has 19 heavy (non-hydrogen) atoms. The number of aromatic nitrogens is 2. The number of hydrogen-bond acceptors (Lipinski definition) is 2. The highest BCUT2D eigenvalue weighted by molar-refractivity contribution is 6.31. The lowest BCUT2D eigenvalue weighted by atomic mass is 9.99. The summed E-state index contributed by atoms with van der Waals surface area (Å²) in [5, 5.41) is 4.91. The molecule has 0 saturated heterocycles. The molecule has 1 aromatic carbocycles. The van der Waals surface area contributed by atoms with Gasteiger partial charge >= 0.3 is 0 Å². The fourth-order valence-electron chi connectivity index (χ4n) is 2.88. The fourth-order valence-corrected chi connectivity index (χ4v) is 3.13. The van der Waals surface area contributed by atoms with Crippen molar-refractivity contribution >= 4 is 11.6 Å². The number of fused-ring (bicyclic) bond motifs is 1. The predicted octanol–water partition coefficient (Wildman–Crippen LogP) is 3.09. The van der Waals surface area contributed by atoms with Crippen molar-refractivity contribution < 1.29 is 0 Å². The second-order valence-electron chi connectivity index (χ2n) is 5.05. The Bertz CT molecular complexity index is 603. The third-order valence-electron chi connectivity index (χ3n) is 3.91. The maximum Gasteiger partial charge on any atom is 0.0837 e. The summed E-state index contributed by atoms with van der Waals surface area (Å²) in [6.45, 7) is 2.82. The van der Waals surface area contributed by atoms with Crippen molar-refractivity contribution in [3.05, 3.63) is 51.8 Å². The second kappa shape index (κ2) is 4.99. The first-order valence-corrected chi connectivity index (χ1v) is 7.17. The van der Waals surface area contributed by atoms with E-state index in [2.05, 4.69) is 23.3 Å². The van der Waals surface area contributed by atoms with Gasteiger partial charge in [0.25, 0.3) is 0 Å². The third-order valence-corrected chi connectivity index (χ3v) is 4.20. The Balaban J connectivity index is 1.99. The smallest absolute Gasteiger partial charge is 0.0837 e. The standard InChI is InChI=1S/C15H18ClN3/c1-2-19-15(13(16)9-18-19)14(17)12-7-6-10-4-3-5-11(10)8-12/h6-9,14H,2-5,17H2,1H3. The first kappa shape index (κ1) is 12.7. The van der Waals surface area contributed by atoms with Gasteiger partial charge in [-0.05, 0) is 42.9 Å². The van der Waals surface area contributed by atoms with Gasteiger partial charge in [-0.2, -0.15) is 5.10 Å². The van der Waals surface area contributed by atoms with E-state index >= 15 is 0 Å². The van der Waals surface area contributed by atoms with E-state index in [0.717, 1.165) is 24.2 Å². The lowest BCUT2D eigenvalue weighted by molar-refractivity contribution is 0.601. The van der Waals surface area contributed by atoms with Gasteiger partial charge < -0.3 is 5.73 Å². The van der Waals surface area contributed by atoms with Crippen LogP contribution in [0.1, 0.15) is 41.8 Å². The number of nitrogens with two attached hydrogens (primary N) is 1. The van der Waals surface area contributed by atoms with Gasteiger partial charge in [-0.25, -0.2) is 0 Å². The Kier molecular flexibility index (Phi) is 3.33. The lowest BCUT2D eigenvalue weighted by Crippen LogP contribution is -2.17. The van der Waals surface area contributed by atoms with Crippen LogP contribution < -0.4 is 5.73 Å². The summed E-state index contributed by atoms with van der Waals surface area (Å²) in [6, 6.07) is 6.35. The quantitative estimate of drug-likeness (QED) is 0.935. The Morgan fingerprint density at radius 3 is 2.95 bits per heavy atom. The number of nitrogens with zero attached hydrogens (tertiary/aromatic N) is 2. The van der Waals surface area contributed by atoms with Gasteiger partial charge in [-0.15, -0.1) is 0 Å². The molecule has 0 radical (unpaired) electrons. The van der Waals surface area contributed by atoms with E-state index in [4.69, 9.17) is 17.3 Å². The monoisotopic (exact) mass is 275 g/mol. The molecule has 2 aromatic rings. The van der Waals surface area contributed by atoms with Crippen LogP contribution in [0.15, 0.2) is 24.4 Å². The van der Waals surface area contributed by atoms with Crippen LogP contribution in [0.2, 0.25) is 5.02 Å². The molecule has 0 saturated carbocycles. The number of aryl methyl sites for hydroxylation is 3. The number of hydrogen-bond donors (Lipinski definition) is 1. The Hall–Kier alpha value is -1.32. The molecule has 1 aliphatic rings. The molecular formula is C15H18ClN3.